The number of methoxy groups -OCH3 is 1. The van der Waals surface area contributed by atoms with E-state index in [1.807, 2.05) is 0 Å². The third kappa shape index (κ3) is 4.75. The van der Waals surface area contributed by atoms with Crippen LogP contribution in [0, 0.1) is 0 Å². The molecule has 2 N–H and O–H groups in total. The summed E-state index contributed by atoms with van der Waals surface area (Å²) in [6, 6.07) is 3.41. The number of hydrogen-bond donors (Lipinski definition) is 2. The van der Waals surface area contributed by atoms with Crippen molar-refractivity contribution in [1.82, 2.24) is 5.32 Å². The van der Waals surface area contributed by atoms with Gasteiger partial charge in [-0.25, -0.2) is 4.79 Å². The first kappa shape index (κ1) is 17.0. The molecule has 0 bridgehead atoms. The number of nitrogens with one attached hydrogen (secondary N) is 1. The van der Waals surface area contributed by atoms with Gasteiger partial charge in [0.25, 0.3) is 0 Å². The molecule has 1 aromatic rings. The van der Waals surface area contributed by atoms with Crippen LogP contribution in [0.15, 0.2) is 24.3 Å². The highest BCUT2D eigenvalue weighted by atomic mass is 19.4. The third-order valence-electron chi connectivity index (χ3n) is 2.71. The number of halogens is 3. The molecule has 21 heavy (non-hydrogen) atoms. The number of carbonyl (C=O) groups excluding carboxylic acids is 2. The van der Waals surface area contributed by atoms with Gasteiger partial charge in [-0.1, -0.05) is 18.2 Å². The minimum absolute atomic E-state index is 0.154. The van der Waals surface area contributed by atoms with E-state index in [2.05, 4.69) is 10.1 Å². The lowest BCUT2D eigenvalue weighted by Gasteiger charge is -2.18. The molecule has 0 aliphatic carbocycles. The van der Waals surface area contributed by atoms with Crippen LogP contribution < -0.4 is 5.32 Å². The monoisotopic (exact) mass is 305 g/mol. The maximum absolute atomic E-state index is 12.9. The standard InChI is InChI=1S/C13H14F3NO4/c1-21-12(20)10(17-11(19)7-18)6-8-4-2-3-5-9(8)13(14,15)16/h2-5,10,18H,6-7H2,1H3,(H,17,19)/t10-/m1/s1. The van der Waals surface area contributed by atoms with E-state index in [4.69, 9.17) is 5.11 Å². The Bertz CT molecular complexity index is 516. The van der Waals surface area contributed by atoms with E-state index in [1.165, 1.54) is 18.2 Å². The maximum atomic E-state index is 12.9. The van der Waals surface area contributed by atoms with Gasteiger partial charge in [-0.2, -0.15) is 13.2 Å². The second kappa shape index (κ2) is 7.07. The van der Waals surface area contributed by atoms with Crippen LogP contribution in [-0.4, -0.2) is 36.7 Å². The van der Waals surface area contributed by atoms with Crippen LogP contribution >= 0.6 is 0 Å². The van der Waals surface area contributed by atoms with Gasteiger partial charge in [0, 0.05) is 6.42 Å². The molecule has 116 valence electrons. The fraction of sp³-hybridized carbons (Fsp3) is 0.385. The highest BCUT2D eigenvalue weighted by Crippen LogP contribution is 2.32. The van der Waals surface area contributed by atoms with Gasteiger partial charge in [-0.05, 0) is 11.6 Å². The largest absolute Gasteiger partial charge is 0.467 e. The van der Waals surface area contributed by atoms with Crippen molar-refractivity contribution in [3.8, 4) is 0 Å². The highest BCUT2D eigenvalue weighted by Gasteiger charge is 2.34. The number of benzene rings is 1. The van der Waals surface area contributed by atoms with Gasteiger partial charge in [0.05, 0.1) is 12.7 Å². The first-order chi connectivity index (χ1) is 9.79. The highest BCUT2D eigenvalue weighted by molar-refractivity contribution is 5.85. The molecule has 0 radical (unpaired) electrons. The van der Waals surface area contributed by atoms with Gasteiger partial charge in [-0.15, -0.1) is 0 Å². The van der Waals surface area contributed by atoms with Crippen molar-refractivity contribution in [2.24, 2.45) is 0 Å². The first-order valence-corrected chi connectivity index (χ1v) is 5.92. The van der Waals surface area contributed by atoms with Crippen molar-refractivity contribution in [3.05, 3.63) is 35.4 Å². The Morgan fingerprint density at radius 2 is 1.95 bits per heavy atom. The van der Waals surface area contributed by atoms with Crippen LogP contribution in [0.5, 0.6) is 0 Å². The van der Waals surface area contributed by atoms with Crippen molar-refractivity contribution in [2.45, 2.75) is 18.6 Å². The molecular weight excluding hydrogens is 291 g/mol. The number of aliphatic hydroxyl groups is 1. The Hall–Kier alpha value is -2.09. The van der Waals surface area contributed by atoms with Crippen molar-refractivity contribution < 1.29 is 32.6 Å². The second-order valence-electron chi connectivity index (χ2n) is 4.16. The molecule has 1 aromatic carbocycles. The summed E-state index contributed by atoms with van der Waals surface area (Å²) in [5.74, 6) is -1.77. The lowest BCUT2D eigenvalue weighted by atomic mass is 9.99. The first-order valence-electron chi connectivity index (χ1n) is 5.92. The van der Waals surface area contributed by atoms with Crippen LogP contribution in [-0.2, 0) is 26.9 Å². The molecule has 1 rings (SSSR count). The van der Waals surface area contributed by atoms with Gasteiger partial charge in [0.15, 0.2) is 0 Å². The summed E-state index contributed by atoms with van der Waals surface area (Å²) in [6.07, 6.45) is -4.97. The number of carbonyl (C=O) groups is 2. The smallest absolute Gasteiger partial charge is 0.416 e. The molecule has 0 saturated carbocycles. The van der Waals surface area contributed by atoms with Crippen LogP contribution in [0.2, 0.25) is 0 Å². The van der Waals surface area contributed by atoms with E-state index < -0.39 is 42.7 Å². The lowest BCUT2D eigenvalue weighted by Crippen LogP contribution is -2.44. The molecule has 1 amide bonds. The number of esters is 1. The Labute approximate surface area is 118 Å². The van der Waals surface area contributed by atoms with E-state index in [0.717, 1.165) is 13.2 Å². The zero-order valence-corrected chi connectivity index (χ0v) is 11.1. The average molecular weight is 305 g/mol. The van der Waals surface area contributed by atoms with E-state index >= 15 is 0 Å². The third-order valence-corrected chi connectivity index (χ3v) is 2.71. The van der Waals surface area contributed by atoms with Crippen LogP contribution in [0.3, 0.4) is 0 Å². The lowest BCUT2D eigenvalue weighted by molar-refractivity contribution is -0.146. The molecule has 0 spiro atoms. The number of rotatable bonds is 5. The maximum Gasteiger partial charge on any atom is 0.416 e. The summed E-state index contributed by atoms with van der Waals surface area (Å²) < 4.78 is 43.0. The fourth-order valence-electron chi connectivity index (χ4n) is 1.77. The zero-order valence-electron chi connectivity index (χ0n) is 11.1. The molecular formula is C13H14F3NO4. The number of hydrogen-bond acceptors (Lipinski definition) is 4. The predicted molar refractivity (Wildman–Crippen MR) is 66.2 cm³/mol. The minimum atomic E-state index is -4.57. The average Bonchev–Trinajstić information content (AvgIpc) is 2.44. The van der Waals surface area contributed by atoms with Crippen LogP contribution in [0.1, 0.15) is 11.1 Å². The topological polar surface area (TPSA) is 75.6 Å². The minimum Gasteiger partial charge on any atom is -0.467 e. The molecule has 0 fully saturated rings. The molecule has 5 nitrogen and oxygen atoms in total. The van der Waals surface area contributed by atoms with Crippen molar-refractivity contribution >= 4 is 11.9 Å². The summed E-state index contributed by atoms with van der Waals surface area (Å²) in [7, 11) is 1.05. The van der Waals surface area contributed by atoms with E-state index in [1.54, 1.807) is 0 Å². The predicted octanol–water partition coefficient (Wildman–Crippen LogP) is 0.898. The van der Waals surface area contributed by atoms with Crippen molar-refractivity contribution in [3.63, 3.8) is 0 Å². The number of alkyl halides is 3. The molecule has 0 unspecified atom stereocenters. The Balaban J connectivity index is 3.04. The van der Waals surface area contributed by atoms with Gasteiger partial charge >= 0.3 is 12.1 Å². The van der Waals surface area contributed by atoms with Crippen LogP contribution in [0.4, 0.5) is 13.2 Å². The van der Waals surface area contributed by atoms with Crippen molar-refractivity contribution in [2.75, 3.05) is 13.7 Å². The zero-order chi connectivity index (χ0) is 16.0. The molecule has 8 heteroatoms. The summed E-state index contributed by atoms with van der Waals surface area (Å²) in [5, 5.41) is 10.8. The van der Waals surface area contributed by atoms with Gasteiger partial charge in [-0.3, -0.25) is 4.79 Å². The van der Waals surface area contributed by atoms with E-state index in [0.29, 0.717) is 0 Å². The Kier molecular flexibility index (Phi) is 5.71. The van der Waals surface area contributed by atoms with Gasteiger partial charge in [0.1, 0.15) is 12.6 Å². The second-order valence-corrected chi connectivity index (χ2v) is 4.16. The number of aliphatic hydroxyl groups excluding tert-OH is 1. The normalized spacial score (nSPS) is 12.6. The molecule has 1 atom stereocenters. The molecule has 0 aromatic heterocycles. The fourth-order valence-corrected chi connectivity index (χ4v) is 1.77. The summed E-state index contributed by atoms with van der Waals surface area (Å²) in [6.45, 7) is -0.881. The number of amides is 1. The molecule has 0 heterocycles. The quantitative estimate of drug-likeness (QED) is 0.793. The van der Waals surface area contributed by atoms with E-state index in [9.17, 15) is 22.8 Å². The van der Waals surface area contributed by atoms with Crippen molar-refractivity contribution in [1.29, 1.82) is 0 Å². The van der Waals surface area contributed by atoms with E-state index in [-0.39, 0.29) is 5.56 Å². The SMILES string of the molecule is COC(=O)[C@@H](Cc1ccccc1C(F)(F)F)NC(=O)CO. The summed E-state index contributed by atoms with van der Waals surface area (Å²) in [5.41, 5.74) is -1.05. The summed E-state index contributed by atoms with van der Waals surface area (Å²) in [4.78, 5) is 22.7. The van der Waals surface area contributed by atoms with Gasteiger partial charge < -0.3 is 15.2 Å². The molecule has 0 aliphatic heterocycles. The van der Waals surface area contributed by atoms with Gasteiger partial charge in [0.2, 0.25) is 5.91 Å². The molecule has 0 aliphatic rings. The number of ether oxygens (including phenoxy) is 1. The molecule has 0 saturated heterocycles. The summed E-state index contributed by atoms with van der Waals surface area (Å²) >= 11 is 0. The Morgan fingerprint density at radius 3 is 2.48 bits per heavy atom. The van der Waals surface area contributed by atoms with Crippen LogP contribution in [0.25, 0.3) is 0 Å². The Morgan fingerprint density at radius 1 is 1.33 bits per heavy atom.